The van der Waals surface area contributed by atoms with E-state index in [0.29, 0.717) is 13.0 Å². The molecule has 0 radical (unpaired) electrons. The van der Waals surface area contributed by atoms with E-state index in [4.69, 9.17) is 4.74 Å². The normalized spacial score (nSPS) is 11.9. The SMILES string of the molecule is CCOc1ccccc1CC(Sc1ccccc1)C(=O)O. The van der Waals surface area contributed by atoms with Gasteiger partial charge < -0.3 is 9.84 Å². The molecule has 21 heavy (non-hydrogen) atoms. The zero-order valence-electron chi connectivity index (χ0n) is 11.9. The highest BCUT2D eigenvalue weighted by molar-refractivity contribution is 8.00. The molecule has 1 N–H and O–H groups in total. The van der Waals surface area contributed by atoms with Crippen LogP contribution < -0.4 is 4.74 Å². The van der Waals surface area contributed by atoms with Gasteiger partial charge in [-0.1, -0.05) is 36.4 Å². The predicted octanol–water partition coefficient (Wildman–Crippen LogP) is 3.87. The Hall–Kier alpha value is -1.94. The van der Waals surface area contributed by atoms with Gasteiger partial charge in [0, 0.05) is 4.90 Å². The van der Waals surface area contributed by atoms with Gasteiger partial charge in [0.15, 0.2) is 0 Å². The number of ether oxygens (including phenoxy) is 1. The number of hydrogen-bond acceptors (Lipinski definition) is 3. The van der Waals surface area contributed by atoms with Crippen LogP contribution in [-0.2, 0) is 11.2 Å². The van der Waals surface area contributed by atoms with E-state index < -0.39 is 11.2 Å². The summed E-state index contributed by atoms with van der Waals surface area (Å²) in [5.74, 6) is -0.0462. The second kappa shape index (κ2) is 7.74. The fourth-order valence-corrected chi connectivity index (χ4v) is 3.02. The summed E-state index contributed by atoms with van der Waals surface area (Å²) in [4.78, 5) is 12.5. The maximum atomic E-state index is 11.5. The Bertz CT molecular complexity index is 584. The quantitative estimate of drug-likeness (QED) is 0.789. The predicted molar refractivity (Wildman–Crippen MR) is 85.0 cm³/mol. The van der Waals surface area contributed by atoms with E-state index in [1.807, 2.05) is 61.5 Å². The van der Waals surface area contributed by atoms with Crippen LogP contribution in [0.2, 0.25) is 0 Å². The van der Waals surface area contributed by atoms with E-state index in [1.54, 1.807) is 0 Å². The third-order valence-corrected chi connectivity index (χ3v) is 4.17. The van der Waals surface area contributed by atoms with Crippen molar-refractivity contribution >= 4 is 17.7 Å². The van der Waals surface area contributed by atoms with Crippen LogP contribution in [0.15, 0.2) is 59.5 Å². The first-order valence-electron chi connectivity index (χ1n) is 6.86. The van der Waals surface area contributed by atoms with Crippen molar-refractivity contribution in [2.75, 3.05) is 6.61 Å². The van der Waals surface area contributed by atoms with Crippen LogP contribution in [0.1, 0.15) is 12.5 Å². The first-order valence-corrected chi connectivity index (χ1v) is 7.74. The molecule has 110 valence electrons. The molecule has 2 rings (SSSR count). The van der Waals surface area contributed by atoms with E-state index in [1.165, 1.54) is 11.8 Å². The van der Waals surface area contributed by atoms with Gasteiger partial charge in [0.05, 0.1) is 6.61 Å². The number of thioether (sulfide) groups is 1. The van der Waals surface area contributed by atoms with Crippen LogP contribution in [0.25, 0.3) is 0 Å². The second-order valence-electron chi connectivity index (χ2n) is 4.50. The molecule has 0 spiro atoms. The van der Waals surface area contributed by atoms with Crippen molar-refractivity contribution in [3.63, 3.8) is 0 Å². The van der Waals surface area contributed by atoms with Crippen LogP contribution in [0, 0.1) is 0 Å². The van der Waals surface area contributed by atoms with Gasteiger partial charge in [-0.05, 0) is 37.1 Å². The summed E-state index contributed by atoms with van der Waals surface area (Å²) in [5, 5.41) is 8.92. The first kappa shape index (κ1) is 15.4. The highest BCUT2D eigenvalue weighted by atomic mass is 32.2. The molecule has 0 aliphatic carbocycles. The largest absolute Gasteiger partial charge is 0.494 e. The minimum atomic E-state index is -0.810. The number of carbonyl (C=O) groups is 1. The fraction of sp³-hybridized carbons (Fsp3) is 0.235. The third-order valence-electron chi connectivity index (χ3n) is 2.97. The maximum absolute atomic E-state index is 11.5. The number of aliphatic carboxylic acids is 1. The topological polar surface area (TPSA) is 46.5 Å². The van der Waals surface area contributed by atoms with Crippen molar-refractivity contribution in [3.05, 3.63) is 60.2 Å². The molecule has 0 aromatic heterocycles. The standard InChI is InChI=1S/C17H18O3S/c1-2-20-15-11-7-6-8-13(15)12-16(17(18)19)21-14-9-4-3-5-10-14/h3-11,16H,2,12H2,1H3,(H,18,19). The van der Waals surface area contributed by atoms with Crippen LogP contribution in [0.5, 0.6) is 5.75 Å². The van der Waals surface area contributed by atoms with Crippen molar-refractivity contribution in [2.45, 2.75) is 23.5 Å². The van der Waals surface area contributed by atoms with Gasteiger partial charge >= 0.3 is 5.97 Å². The zero-order chi connectivity index (χ0) is 15.1. The highest BCUT2D eigenvalue weighted by Gasteiger charge is 2.21. The number of rotatable bonds is 7. The van der Waals surface area contributed by atoms with Gasteiger partial charge in [-0.15, -0.1) is 11.8 Å². The van der Waals surface area contributed by atoms with E-state index in [2.05, 4.69) is 0 Å². The van der Waals surface area contributed by atoms with Gasteiger partial charge in [-0.2, -0.15) is 0 Å². The molecule has 2 aromatic carbocycles. The number of carboxylic acid groups (broad SMARTS) is 1. The molecule has 0 bridgehead atoms. The van der Waals surface area contributed by atoms with Crippen LogP contribution >= 0.6 is 11.8 Å². The summed E-state index contributed by atoms with van der Waals surface area (Å²) in [7, 11) is 0. The smallest absolute Gasteiger partial charge is 0.317 e. The summed E-state index contributed by atoms with van der Waals surface area (Å²) in [6, 6.07) is 17.2. The molecule has 0 saturated carbocycles. The molecular weight excluding hydrogens is 284 g/mol. The van der Waals surface area contributed by atoms with Crippen molar-refractivity contribution in [1.29, 1.82) is 0 Å². The van der Waals surface area contributed by atoms with Gasteiger partial charge in [0.25, 0.3) is 0 Å². The monoisotopic (exact) mass is 302 g/mol. The Kier molecular flexibility index (Phi) is 5.69. The Morgan fingerprint density at radius 1 is 1.14 bits per heavy atom. The van der Waals surface area contributed by atoms with Crippen molar-refractivity contribution in [3.8, 4) is 5.75 Å². The van der Waals surface area contributed by atoms with Crippen LogP contribution in [0.4, 0.5) is 0 Å². The van der Waals surface area contributed by atoms with Crippen LogP contribution in [-0.4, -0.2) is 22.9 Å². The summed E-state index contributed by atoms with van der Waals surface area (Å²) in [6.45, 7) is 2.49. The Labute approximate surface area is 129 Å². The summed E-state index contributed by atoms with van der Waals surface area (Å²) < 4.78 is 5.57. The molecule has 0 aliphatic rings. The average molecular weight is 302 g/mol. The maximum Gasteiger partial charge on any atom is 0.317 e. The molecule has 4 heteroatoms. The molecule has 0 fully saturated rings. The molecular formula is C17H18O3S. The third kappa shape index (κ3) is 4.53. The second-order valence-corrected chi connectivity index (χ2v) is 5.78. The molecule has 0 saturated heterocycles. The molecule has 0 heterocycles. The number of benzene rings is 2. The van der Waals surface area contributed by atoms with Gasteiger partial charge in [0.1, 0.15) is 11.0 Å². The lowest BCUT2D eigenvalue weighted by molar-refractivity contribution is -0.136. The van der Waals surface area contributed by atoms with Gasteiger partial charge in [-0.25, -0.2) is 0 Å². The Balaban J connectivity index is 2.15. The minimum absolute atomic E-state index is 0.436. The van der Waals surface area contributed by atoms with E-state index in [0.717, 1.165) is 16.2 Å². The number of hydrogen-bond donors (Lipinski definition) is 1. The Morgan fingerprint density at radius 2 is 1.81 bits per heavy atom. The Morgan fingerprint density at radius 3 is 2.48 bits per heavy atom. The lowest BCUT2D eigenvalue weighted by atomic mass is 10.1. The summed E-state index contributed by atoms with van der Waals surface area (Å²) in [5.41, 5.74) is 0.926. The molecule has 1 atom stereocenters. The van der Waals surface area contributed by atoms with Crippen molar-refractivity contribution in [2.24, 2.45) is 0 Å². The van der Waals surface area contributed by atoms with Gasteiger partial charge in [-0.3, -0.25) is 4.79 Å². The highest BCUT2D eigenvalue weighted by Crippen LogP contribution is 2.29. The number of para-hydroxylation sites is 1. The molecule has 3 nitrogen and oxygen atoms in total. The molecule has 0 aliphatic heterocycles. The molecule has 2 aromatic rings. The molecule has 0 amide bonds. The van der Waals surface area contributed by atoms with E-state index in [-0.39, 0.29) is 0 Å². The first-order chi connectivity index (χ1) is 10.2. The van der Waals surface area contributed by atoms with Gasteiger partial charge in [0.2, 0.25) is 0 Å². The summed E-state index contributed by atoms with van der Waals surface area (Å²) in [6.07, 6.45) is 0.436. The lowest BCUT2D eigenvalue weighted by Gasteiger charge is -2.15. The van der Waals surface area contributed by atoms with E-state index >= 15 is 0 Å². The van der Waals surface area contributed by atoms with E-state index in [9.17, 15) is 9.90 Å². The summed E-state index contributed by atoms with van der Waals surface area (Å²) >= 11 is 1.36. The molecule has 1 unspecified atom stereocenters. The minimum Gasteiger partial charge on any atom is -0.494 e. The zero-order valence-corrected chi connectivity index (χ0v) is 12.7. The fourth-order valence-electron chi connectivity index (χ4n) is 2.01. The van der Waals surface area contributed by atoms with Crippen molar-refractivity contribution in [1.82, 2.24) is 0 Å². The average Bonchev–Trinajstić information content (AvgIpc) is 2.49. The lowest BCUT2D eigenvalue weighted by Crippen LogP contribution is -2.19. The van der Waals surface area contributed by atoms with Crippen LogP contribution in [0.3, 0.4) is 0 Å². The van der Waals surface area contributed by atoms with Crippen molar-refractivity contribution < 1.29 is 14.6 Å². The number of carboxylic acids is 1.